The van der Waals surface area contributed by atoms with Gasteiger partial charge in [0.1, 0.15) is 85.4 Å². The molecule has 22 nitrogen and oxygen atoms in total. The van der Waals surface area contributed by atoms with Gasteiger partial charge in [0.15, 0.2) is 18.9 Å². The van der Waals surface area contributed by atoms with Gasteiger partial charge >= 0.3 is 0 Å². The van der Waals surface area contributed by atoms with Gasteiger partial charge in [-0.2, -0.15) is 0 Å². The van der Waals surface area contributed by atoms with E-state index in [9.17, 15) is 70.9 Å². The molecule has 2 amide bonds. The lowest BCUT2D eigenvalue weighted by molar-refractivity contribution is -0.387. The molecule has 3 heterocycles. The first-order valence-electron chi connectivity index (χ1n) is 32.5. The van der Waals surface area contributed by atoms with Crippen LogP contribution in [0.1, 0.15) is 233 Å². The van der Waals surface area contributed by atoms with Crippen LogP contribution >= 0.6 is 0 Å². The predicted octanol–water partition coefficient (Wildman–Crippen LogP) is 4.08. The molecule has 3 aliphatic heterocycles. The first-order chi connectivity index (χ1) is 40.0. The highest BCUT2D eigenvalue weighted by Crippen LogP contribution is 2.34. The summed E-state index contributed by atoms with van der Waals surface area (Å²) in [7, 11) is 0. The SMILES string of the molecule is CCCCCCCCCCCCCCCCCCCCCC[C@@H](O)C(=O)N[C@@H](CO[C@H]1O[C@H](CO)[C@H](O)[C@H](O[C@H]2O[C@H](CO)[C@H](O)[C@H](O)[C@H]2NC(C)=O)[C@H]1O[C@H]1O[C@H](CO)[C@H](O)[C@H](O)[C@H]1O)[C@H](O)[C@H](O)CCCCCCCCCCCCC. The van der Waals surface area contributed by atoms with Crippen molar-refractivity contribution < 1.29 is 99.3 Å². The van der Waals surface area contributed by atoms with Gasteiger partial charge in [0.25, 0.3) is 0 Å². The Morgan fingerprint density at radius 2 is 0.819 bits per heavy atom. The number of amides is 2. The number of rotatable bonds is 48. The Balaban J connectivity index is 1.72. The summed E-state index contributed by atoms with van der Waals surface area (Å²) in [5.74, 6) is -1.56. The highest BCUT2D eigenvalue weighted by Gasteiger charge is 2.55. The van der Waals surface area contributed by atoms with Crippen LogP contribution in [0.4, 0.5) is 0 Å². The topological polar surface area (TPSA) is 356 Å². The van der Waals surface area contributed by atoms with Crippen LogP contribution in [0.25, 0.3) is 0 Å². The van der Waals surface area contributed by atoms with Crippen molar-refractivity contribution in [3.63, 3.8) is 0 Å². The number of aliphatic hydroxyl groups excluding tert-OH is 12. The van der Waals surface area contributed by atoms with Crippen LogP contribution in [-0.2, 0) is 38.0 Å². The van der Waals surface area contributed by atoms with Crippen molar-refractivity contribution in [1.29, 1.82) is 0 Å². The Bertz CT molecular complexity index is 1630. The third kappa shape index (κ3) is 28.1. The first kappa shape index (κ1) is 75.5. The van der Waals surface area contributed by atoms with Gasteiger partial charge in [-0.3, -0.25) is 9.59 Å². The Labute approximate surface area is 495 Å². The van der Waals surface area contributed by atoms with Crippen LogP contribution in [0.3, 0.4) is 0 Å². The number of unbranched alkanes of at least 4 members (excludes halogenated alkanes) is 29. The van der Waals surface area contributed by atoms with E-state index in [-0.39, 0.29) is 12.8 Å². The summed E-state index contributed by atoms with van der Waals surface area (Å²) in [6.45, 7) is 2.26. The van der Waals surface area contributed by atoms with E-state index in [2.05, 4.69) is 24.5 Å². The maximum atomic E-state index is 13.8. The van der Waals surface area contributed by atoms with Crippen LogP contribution in [-0.4, -0.2) is 216 Å². The lowest BCUT2D eigenvalue weighted by Crippen LogP contribution is -2.69. The molecule has 83 heavy (non-hydrogen) atoms. The zero-order valence-electron chi connectivity index (χ0n) is 50.8. The van der Waals surface area contributed by atoms with E-state index < -0.39 is 155 Å². The molecule has 0 aromatic heterocycles. The Morgan fingerprint density at radius 3 is 1.25 bits per heavy atom. The minimum atomic E-state index is -2.03. The highest BCUT2D eigenvalue weighted by atomic mass is 16.8. The number of carbonyl (C=O) groups excluding carboxylic acids is 2. The second-order valence-electron chi connectivity index (χ2n) is 23.9. The van der Waals surface area contributed by atoms with Gasteiger partial charge in [-0.05, 0) is 12.8 Å². The molecule has 0 radical (unpaired) electrons. The van der Waals surface area contributed by atoms with Gasteiger partial charge in [0.05, 0.1) is 38.6 Å². The molecule has 3 saturated heterocycles. The normalized spacial score (nSPS) is 30.0. The van der Waals surface area contributed by atoms with Crippen molar-refractivity contribution in [3.05, 3.63) is 0 Å². The molecule has 0 aromatic carbocycles. The molecular weight excluding hydrogens is 1080 g/mol. The van der Waals surface area contributed by atoms with Crippen LogP contribution in [0.5, 0.6) is 0 Å². The van der Waals surface area contributed by atoms with Crippen molar-refractivity contribution in [2.24, 2.45) is 0 Å². The molecule has 14 N–H and O–H groups in total. The van der Waals surface area contributed by atoms with Crippen molar-refractivity contribution in [2.45, 2.75) is 349 Å². The molecule has 0 unspecified atom stereocenters. The highest BCUT2D eigenvalue weighted by molar-refractivity contribution is 5.80. The van der Waals surface area contributed by atoms with Crippen molar-refractivity contribution in [2.75, 3.05) is 26.4 Å². The van der Waals surface area contributed by atoms with Gasteiger partial charge in [-0.15, -0.1) is 0 Å². The Kier molecular flexibility index (Phi) is 40.6. The lowest BCUT2D eigenvalue weighted by atomic mass is 9.95. The molecule has 3 aliphatic rings. The van der Waals surface area contributed by atoms with E-state index in [1.807, 2.05) is 0 Å². The van der Waals surface area contributed by atoms with Gasteiger partial charge in [-0.25, -0.2) is 0 Å². The number of hydrogen-bond donors (Lipinski definition) is 14. The van der Waals surface area contributed by atoms with Crippen LogP contribution in [0, 0.1) is 0 Å². The fourth-order valence-corrected chi connectivity index (χ4v) is 11.4. The molecule has 0 aromatic rings. The van der Waals surface area contributed by atoms with E-state index in [0.29, 0.717) is 12.8 Å². The van der Waals surface area contributed by atoms with Crippen molar-refractivity contribution >= 4 is 11.8 Å². The van der Waals surface area contributed by atoms with E-state index in [0.717, 1.165) is 64.7 Å². The fraction of sp³-hybridized carbons (Fsp3) is 0.967. The Morgan fingerprint density at radius 1 is 0.446 bits per heavy atom. The molecule has 3 rings (SSSR count). The molecule has 0 aliphatic carbocycles. The monoisotopic (exact) mass is 1200 g/mol. The maximum Gasteiger partial charge on any atom is 0.249 e. The smallest absolute Gasteiger partial charge is 0.249 e. The van der Waals surface area contributed by atoms with Crippen molar-refractivity contribution in [1.82, 2.24) is 10.6 Å². The molecule has 3 fully saturated rings. The van der Waals surface area contributed by atoms with Crippen molar-refractivity contribution in [3.8, 4) is 0 Å². The average molecular weight is 1200 g/mol. The zero-order valence-corrected chi connectivity index (χ0v) is 50.8. The largest absolute Gasteiger partial charge is 0.394 e. The van der Waals surface area contributed by atoms with Crippen LogP contribution < -0.4 is 10.6 Å². The number of carbonyl (C=O) groups is 2. The predicted molar refractivity (Wildman–Crippen MR) is 310 cm³/mol. The molecule has 0 spiro atoms. The minimum absolute atomic E-state index is 0.122. The number of hydrogen-bond acceptors (Lipinski definition) is 20. The molecule has 0 saturated carbocycles. The van der Waals surface area contributed by atoms with Crippen LogP contribution in [0.15, 0.2) is 0 Å². The third-order valence-corrected chi connectivity index (χ3v) is 16.8. The minimum Gasteiger partial charge on any atom is -0.394 e. The maximum absolute atomic E-state index is 13.8. The molecule has 22 heteroatoms. The summed E-state index contributed by atoms with van der Waals surface area (Å²) < 4.78 is 36.0. The summed E-state index contributed by atoms with van der Waals surface area (Å²) in [4.78, 5) is 26.1. The summed E-state index contributed by atoms with van der Waals surface area (Å²) in [6, 6.07) is -3.01. The second kappa shape index (κ2) is 44.6. The van der Waals surface area contributed by atoms with Crippen LogP contribution in [0.2, 0.25) is 0 Å². The van der Waals surface area contributed by atoms with E-state index >= 15 is 0 Å². The molecule has 490 valence electrons. The molecular formula is C61H116N2O20. The summed E-state index contributed by atoms with van der Waals surface area (Å²) in [6.07, 6.45) is 6.45. The number of nitrogens with one attached hydrogen (secondary N) is 2. The van der Waals surface area contributed by atoms with Gasteiger partial charge in [-0.1, -0.05) is 213 Å². The zero-order chi connectivity index (χ0) is 60.9. The quantitative estimate of drug-likeness (QED) is 0.0382. The van der Waals surface area contributed by atoms with Gasteiger partial charge in [0, 0.05) is 6.92 Å². The lowest BCUT2D eigenvalue weighted by Gasteiger charge is -2.49. The van der Waals surface area contributed by atoms with E-state index in [1.54, 1.807) is 0 Å². The summed E-state index contributed by atoms with van der Waals surface area (Å²) in [5.41, 5.74) is 0. The number of aliphatic hydroxyl groups is 12. The summed E-state index contributed by atoms with van der Waals surface area (Å²) >= 11 is 0. The van der Waals surface area contributed by atoms with Gasteiger partial charge in [0.2, 0.25) is 11.8 Å². The first-order valence-corrected chi connectivity index (χ1v) is 32.5. The molecule has 19 atom stereocenters. The van der Waals surface area contributed by atoms with E-state index in [4.69, 9.17) is 28.4 Å². The third-order valence-electron chi connectivity index (χ3n) is 16.8. The molecule has 0 bridgehead atoms. The second-order valence-corrected chi connectivity index (χ2v) is 23.9. The van der Waals surface area contributed by atoms with Gasteiger partial charge < -0.3 is 100 Å². The number of ether oxygens (including phenoxy) is 6. The summed E-state index contributed by atoms with van der Waals surface area (Å²) in [5, 5.41) is 136. The standard InChI is InChI=1S/C61H116N2O20/c1-4-6-8-10-12-14-16-17-18-19-20-21-22-23-24-26-28-30-32-34-36-44(69)58(77)63-42(49(70)43(68)35-33-31-29-27-25-15-13-11-9-7-5-2)40-78-61-57(83-60-55(76)54(75)51(72)46(38-65)80-60)56(52(73)47(39-66)81-61)82-59-48(62-41(3)67)53(74)50(71)45(37-64)79-59/h42-57,59-61,64-66,68-76H,4-40H2,1-3H3,(H,62,67)(H,63,77)/t42-,43+,44+,45+,46+,47+,48+,49-,50-,51-,52-,53+,54-,55+,56-,57+,59+,60+,61-/m0/s1. The fourth-order valence-electron chi connectivity index (χ4n) is 11.4. The van der Waals surface area contributed by atoms with E-state index in [1.165, 1.54) is 128 Å². The Hall–Kier alpha value is -1.78. The average Bonchev–Trinajstić information content (AvgIpc) is 3.67.